The normalized spacial score (nSPS) is 17.7. The maximum absolute atomic E-state index is 13.2. The third kappa shape index (κ3) is 4.82. The Morgan fingerprint density at radius 1 is 1.18 bits per heavy atom. The number of dihydropyridines is 1. The van der Waals surface area contributed by atoms with E-state index in [-0.39, 0.29) is 35.3 Å². The zero-order valence-corrected chi connectivity index (χ0v) is 19.3. The highest BCUT2D eigenvalue weighted by Gasteiger charge is 2.40. The number of esters is 1. The van der Waals surface area contributed by atoms with Crippen LogP contribution in [-0.2, 0) is 14.3 Å². The molecule has 34 heavy (non-hydrogen) atoms. The van der Waals surface area contributed by atoms with Gasteiger partial charge in [0, 0.05) is 46.5 Å². The number of para-hydroxylation sites is 1. The van der Waals surface area contributed by atoms with Crippen molar-refractivity contribution in [2.24, 2.45) is 0 Å². The van der Waals surface area contributed by atoms with E-state index >= 15 is 0 Å². The van der Waals surface area contributed by atoms with Crippen LogP contribution in [0.1, 0.15) is 37.7 Å². The summed E-state index contributed by atoms with van der Waals surface area (Å²) in [7, 11) is 0. The Balaban J connectivity index is 1.64. The van der Waals surface area contributed by atoms with E-state index < -0.39 is 16.8 Å². The van der Waals surface area contributed by atoms with Crippen molar-refractivity contribution in [3.63, 3.8) is 0 Å². The number of ketones is 1. The lowest BCUT2D eigenvalue weighted by atomic mass is 9.75. The number of carbonyl (C=O) groups is 2. The average Bonchev–Trinajstić information content (AvgIpc) is 2.82. The molecule has 0 radical (unpaired) electrons. The summed E-state index contributed by atoms with van der Waals surface area (Å²) in [6.45, 7) is 1.85. The zero-order valence-electron chi connectivity index (χ0n) is 18.5. The molecular formula is C25H23ClN2O6. The maximum atomic E-state index is 13.2. The molecule has 1 aliphatic heterocycles. The molecule has 0 bridgehead atoms. The van der Waals surface area contributed by atoms with Crippen LogP contribution in [0.15, 0.2) is 71.1 Å². The number of ether oxygens (including phenoxy) is 2. The van der Waals surface area contributed by atoms with Crippen LogP contribution < -0.4 is 10.1 Å². The molecule has 4 rings (SSSR count). The van der Waals surface area contributed by atoms with Crippen LogP contribution in [0.4, 0.5) is 5.69 Å². The number of allylic oxidation sites excluding steroid dienone is 3. The Hall–Kier alpha value is -3.65. The highest BCUT2D eigenvalue weighted by atomic mass is 35.5. The van der Waals surface area contributed by atoms with E-state index in [0.717, 1.165) is 0 Å². The average molecular weight is 483 g/mol. The van der Waals surface area contributed by atoms with Gasteiger partial charge in [0.25, 0.3) is 5.69 Å². The van der Waals surface area contributed by atoms with Crippen LogP contribution in [0.2, 0.25) is 5.02 Å². The predicted molar refractivity (Wildman–Crippen MR) is 125 cm³/mol. The summed E-state index contributed by atoms with van der Waals surface area (Å²) in [5.41, 5.74) is 2.00. The summed E-state index contributed by atoms with van der Waals surface area (Å²) in [6, 6.07) is 13.2. The van der Waals surface area contributed by atoms with Crippen LogP contribution in [0, 0.1) is 10.1 Å². The SMILES string of the molecule is CC1=C(C(=O)OCCOc2ccccc2)C(c2cc([N+](=O)[O-])ccc2Cl)C2=C(CCCC2=O)N1. The molecule has 0 fully saturated rings. The maximum Gasteiger partial charge on any atom is 0.336 e. The first-order valence-electron chi connectivity index (χ1n) is 10.9. The van der Waals surface area contributed by atoms with Gasteiger partial charge in [-0.05, 0) is 43.5 Å². The van der Waals surface area contributed by atoms with Gasteiger partial charge in [-0.25, -0.2) is 4.79 Å². The lowest BCUT2D eigenvalue weighted by Gasteiger charge is -2.34. The molecule has 0 aromatic heterocycles. The second-order valence-corrected chi connectivity index (χ2v) is 8.43. The summed E-state index contributed by atoms with van der Waals surface area (Å²) in [5.74, 6) is -0.971. The quantitative estimate of drug-likeness (QED) is 0.260. The van der Waals surface area contributed by atoms with Crippen molar-refractivity contribution in [1.82, 2.24) is 5.32 Å². The minimum Gasteiger partial charge on any atom is -0.490 e. The van der Waals surface area contributed by atoms with Gasteiger partial charge in [-0.15, -0.1) is 0 Å². The van der Waals surface area contributed by atoms with Gasteiger partial charge in [-0.1, -0.05) is 29.8 Å². The van der Waals surface area contributed by atoms with Crippen molar-refractivity contribution < 1.29 is 24.0 Å². The van der Waals surface area contributed by atoms with E-state index in [1.807, 2.05) is 18.2 Å². The Morgan fingerprint density at radius 2 is 1.94 bits per heavy atom. The van der Waals surface area contributed by atoms with Crippen LogP contribution >= 0.6 is 11.6 Å². The van der Waals surface area contributed by atoms with E-state index in [1.165, 1.54) is 18.2 Å². The summed E-state index contributed by atoms with van der Waals surface area (Å²) in [4.78, 5) is 37.1. The fraction of sp³-hybridized carbons (Fsp3) is 0.280. The molecule has 8 nitrogen and oxygen atoms in total. The molecular weight excluding hydrogens is 460 g/mol. The first-order valence-corrected chi connectivity index (χ1v) is 11.3. The lowest BCUT2D eigenvalue weighted by Crippen LogP contribution is -2.34. The molecule has 2 aromatic carbocycles. The molecule has 2 aromatic rings. The number of nitrogens with zero attached hydrogens (tertiary/aromatic N) is 1. The van der Waals surface area contributed by atoms with E-state index in [9.17, 15) is 19.7 Å². The third-order valence-corrected chi connectivity index (χ3v) is 6.17. The Bertz CT molecular complexity index is 1210. The van der Waals surface area contributed by atoms with Crippen molar-refractivity contribution in [2.45, 2.75) is 32.1 Å². The number of hydrogen-bond donors (Lipinski definition) is 1. The number of Topliss-reactive ketones (excluding diaryl/α,β-unsaturated/α-hetero) is 1. The Labute approximate surface area is 201 Å². The molecule has 1 N–H and O–H groups in total. The monoisotopic (exact) mass is 482 g/mol. The topological polar surface area (TPSA) is 108 Å². The summed E-state index contributed by atoms with van der Waals surface area (Å²) >= 11 is 6.45. The number of halogens is 1. The molecule has 0 saturated heterocycles. The van der Waals surface area contributed by atoms with Gasteiger partial charge in [-0.2, -0.15) is 0 Å². The molecule has 0 saturated carbocycles. The summed E-state index contributed by atoms with van der Waals surface area (Å²) < 4.78 is 11.1. The van der Waals surface area contributed by atoms with E-state index in [1.54, 1.807) is 19.1 Å². The fourth-order valence-electron chi connectivity index (χ4n) is 4.32. The van der Waals surface area contributed by atoms with Gasteiger partial charge in [0.05, 0.1) is 10.5 Å². The van der Waals surface area contributed by atoms with Crippen molar-refractivity contribution in [3.05, 3.63) is 91.8 Å². The van der Waals surface area contributed by atoms with E-state index in [4.69, 9.17) is 21.1 Å². The largest absolute Gasteiger partial charge is 0.490 e. The van der Waals surface area contributed by atoms with Crippen molar-refractivity contribution in [3.8, 4) is 5.75 Å². The number of carbonyl (C=O) groups excluding carboxylic acids is 2. The molecule has 9 heteroatoms. The first kappa shape index (κ1) is 23.5. The van der Waals surface area contributed by atoms with Crippen molar-refractivity contribution in [1.29, 1.82) is 0 Å². The Kier molecular flexibility index (Phi) is 6.98. The smallest absolute Gasteiger partial charge is 0.336 e. The zero-order chi connectivity index (χ0) is 24.2. The number of hydrogen-bond acceptors (Lipinski definition) is 7. The molecule has 1 aliphatic carbocycles. The minimum atomic E-state index is -0.862. The van der Waals surface area contributed by atoms with Crippen LogP contribution in [-0.4, -0.2) is 29.9 Å². The molecule has 1 unspecified atom stereocenters. The van der Waals surface area contributed by atoms with Crippen LogP contribution in [0.3, 0.4) is 0 Å². The number of benzene rings is 2. The summed E-state index contributed by atoms with van der Waals surface area (Å²) in [6.07, 6.45) is 1.65. The number of nitro groups is 1. The summed E-state index contributed by atoms with van der Waals surface area (Å²) in [5, 5.41) is 14.8. The second-order valence-electron chi connectivity index (χ2n) is 8.03. The fourth-order valence-corrected chi connectivity index (χ4v) is 4.55. The molecule has 0 amide bonds. The van der Waals surface area contributed by atoms with Gasteiger partial charge < -0.3 is 14.8 Å². The number of non-ortho nitro benzene ring substituents is 1. The highest BCUT2D eigenvalue weighted by molar-refractivity contribution is 6.31. The molecule has 176 valence electrons. The molecule has 1 atom stereocenters. The molecule has 2 aliphatic rings. The standard InChI is InChI=1S/C25H23ClN2O6/c1-15-22(25(30)34-13-12-33-17-6-3-2-4-7-17)23(24-20(27-15)8-5-9-21(24)29)18-14-16(28(31)32)10-11-19(18)26/h2-4,6-7,10-11,14,23,27H,5,8-9,12-13H2,1H3. The predicted octanol–water partition coefficient (Wildman–Crippen LogP) is 4.84. The van der Waals surface area contributed by atoms with Gasteiger partial charge in [0.1, 0.15) is 19.0 Å². The molecule has 1 heterocycles. The minimum absolute atomic E-state index is 0.0141. The second kappa shape index (κ2) is 10.1. The van der Waals surface area contributed by atoms with Gasteiger partial charge in [0.2, 0.25) is 0 Å². The van der Waals surface area contributed by atoms with E-state index in [0.29, 0.717) is 47.5 Å². The van der Waals surface area contributed by atoms with Gasteiger partial charge >= 0.3 is 5.97 Å². The van der Waals surface area contributed by atoms with Gasteiger partial charge in [0.15, 0.2) is 5.78 Å². The third-order valence-electron chi connectivity index (χ3n) is 5.83. The lowest BCUT2D eigenvalue weighted by molar-refractivity contribution is -0.384. The van der Waals surface area contributed by atoms with E-state index in [2.05, 4.69) is 5.32 Å². The van der Waals surface area contributed by atoms with Gasteiger partial charge in [-0.3, -0.25) is 14.9 Å². The number of nitro benzene ring substituents is 1. The number of nitrogens with one attached hydrogen (secondary N) is 1. The number of rotatable bonds is 7. The molecule has 0 spiro atoms. The van der Waals surface area contributed by atoms with Crippen LogP contribution in [0.5, 0.6) is 5.75 Å². The van der Waals surface area contributed by atoms with Crippen molar-refractivity contribution in [2.75, 3.05) is 13.2 Å². The van der Waals surface area contributed by atoms with Crippen molar-refractivity contribution >= 4 is 29.0 Å². The Morgan fingerprint density at radius 3 is 2.68 bits per heavy atom. The van der Waals surface area contributed by atoms with Crippen LogP contribution in [0.25, 0.3) is 0 Å². The first-order chi connectivity index (χ1) is 16.4. The highest BCUT2D eigenvalue weighted by Crippen LogP contribution is 2.45.